The molecule has 1 saturated heterocycles. The van der Waals surface area contributed by atoms with E-state index < -0.39 is 12.3 Å². The molecule has 7 nitrogen and oxygen atoms in total. The van der Waals surface area contributed by atoms with Crippen LogP contribution in [-0.2, 0) is 0 Å². The summed E-state index contributed by atoms with van der Waals surface area (Å²) in [6.07, 6.45) is 2.33. The first kappa shape index (κ1) is 20.0. The van der Waals surface area contributed by atoms with Crippen LogP contribution in [0.25, 0.3) is 22.4 Å². The largest absolute Gasteiger partial charge is 0.372 e. The van der Waals surface area contributed by atoms with Crippen LogP contribution < -0.4 is 10.2 Å². The Morgan fingerprint density at radius 2 is 1.97 bits per heavy atom. The summed E-state index contributed by atoms with van der Waals surface area (Å²) in [7, 11) is 0. The second-order valence-electron chi connectivity index (χ2n) is 7.60. The Bertz CT molecular complexity index is 1270. The third-order valence-corrected chi connectivity index (χ3v) is 5.58. The summed E-state index contributed by atoms with van der Waals surface area (Å²) in [5.74, 6) is 0.256. The van der Waals surface area contributed by atoms with Gasteiger partial charge >= 0.3 is 0 Å². The number of alkyl halides is 2. The normalized spacial score (nSPS) is 13.8. The summed E-state index contributed by atoms with van der Waals surface area (Å²) in [6.45, 7) is 1.74. The average molecular weight is 434 g/mol. The fraction of sp³-hybridized carbons (Fsp3) is 0.217. The Balaban J connectivity index is 1.53. The molecular formula is C23H20F2N6O. The predicted octanol–water partition coefficient (Wildman–Crippen LogP) is 4.81. The Hall–Kier alpha value is -3.88. The lowest BCUT2D eigenvalue weighted by Crippen LogP contribution is -2.17. The number of nitrogens with zero attached hydrogens (tertiary/aromatic N) is 4. The molecule has 2 aromatic carbocycles. The molecule has 0 bridgehead atoms. The molecule has 1 aliphatic heterocycles. The quantitative estimate of drug-likeness (QED) is 0.471. The topological polar surface area (TPSA) is 86.8 Å². The molecule has 9 heteroatoms. The van der Waals surface area contributed by atoms with Gasteiger partial charge in [0, 0.05) is 36.1 Å². The number of rotatable bonds is 5. The number of imidazole rings is 1. The molecular weight excluding hydrogens is 414 g/mol. The van der Waals surface area contributed by atoms with Crippen molar-refractivity contribution in [1.82, 2.24) is 19.9 Å². The molecule has 0 unspecified atom stereocenters. The highest BCUT2D eigenvalue weighted by Gasteiger charge is 2.22. The van der Waals surface area contributed by atoms with E-state index in [9.17, 15) is 13.6 Å². The Labute approximate surface area is 182 Å². The third-order valence-electron chi connectivity index (χ3n) is 5.58. The monoisotopic (exact) mass is 434 g/mol. The molecule has 3 heterocycles. The maximum absolute atomic E-state index is 13.9. The summed E-state index contributed by atoms with van der Waals surface area (Å²) < 4.78 is 27.9. The minimum Gasteiger partial charge on any atom is -0.372 e. The van der Waals surface area contributed by atoms with Crippen molar-refractivity contribution in [3.63, 3.8) is 0 Å². The summed E-state index contributed by atoms with van der Waals surface area (Å²) in [5, 5.41) is 2.70. The van der Waals surface area contributed by atoms with Crippen LogP contribution in [0.4, 0.5) is 20.3 Å². The van der Waals surface area contributed by atoms with Crippen molar-refractivity contribution < 1.29 is 13.6 Å². The SMILES string of the molecule is O=C(Nc1ccncn1)c1cccc2[nH]c(-c3ccc(N4CCCC4)cc3C(F)F)nc12. The van der Waals surface area contributed by atoms with Gasteiger partial charge in [0.05, 0.1) is 11.1 Å². The van der Waals surface area contributed by atoms with Crippen LogP contribution in [0, 0.1) is 0 Å². The van der Waals surface area contributed by atoms with Crippen LogP contribution in [-0.4, -0.2) is 38.9 Å². The first-order chi connectivity index (χ1) is 15.6. The van der Waals surface area contributed by atoms with Crippen molar-refractivity contribution in [2.24, 2.45) is 0 Å². The van der Waals surface area contributed by atoms with E-state index in [2.05, 4.69) is 30.2 Å². The predicted molar refractivity (Wildman–Crippen MR) is 118 cm³/mol. The lowest BCUT2D eigenvalue weighted by Gasteiger charge is -2.19. The molecule has 0 spiro atoms. The number of benzene rings is 2. The lowest BCUT2D eigenvalue weighted by molar-refractivity contribution is 0.102. The van der Waals surface area contributed by atoms with Gasteiger partial charge in [-0.1, -0.05) is 6.07 Å². The molecule has 4 aromatic rings. The number of fused-ring (bicyclic) bond motifs is 1. The van der Waals surface area contributed by atoms with E-state index in [4.69, 9.17) is 0 Å². The van der Waals surface area contributed by atoms with E-state index in [1.165, 1.54) is 12.5 Å². The molecule has 0 saturated carbocycles. The molecule has 0 radical (unpaired) electrons. The molecule has 5 rings (SSSR count). The van der Waals surface area contributed by atoms with Crippen LogP contribution >= 0.6 is 0 Å². The summed E-state index contributed by atoms with van der Waals surface area (Å²) in [5.41, 5.74) is 2.33. The highest BCUT2D eigenvalue weighted by atomic mass is 19.3. The zero-order valence-corrected chi connectivity index (χ0v) is 17.1. The van der Waals surface area contributed by atoms with E-state index in [0.717, 1.165) is 31.6 Å². The van der Waals surface area contributed by atoms with Gasteiger partial charge < -0.3 is 15.2 Å². The van der Waals surface area contributed by atoms with Gasteiger partial charge in [0.15, 0.2) is 0 Å². The third kappa shape index (κ3) is 3.77. The molecule has 162 valence electrons. The average Bonchev–Trinajstić information content (AvgIpc) is 3.49. The number of aromatic nitrogens is 4. The number of aromatic amines is 1. The van der Waals surface area contributed by atoms with E-state index >= 15 is 0 Å². The Morgan fingerprint density at radius 3 is 2.72 bits per heavy atom. The van der Waals surface area contributed by atoms with Crippen molar-refractivity contribution in [3.05, 3.63) is 66.1 Å². The van der Waals surface area contributed by atoms with E-state index in [1.54, 1.807) is 36.4 Å². The number of nitrogens with one attached hydrogen (secondary N) is 2. The number of para-hydroxylation sites is 1. The summed E-state index contributed by atoms with van der Waals surface area (Å²) >= 11 is 0. The van der Waals surface area contributed by atoms with Crippen LogP contribution in [0.15, 0.2) is 55.0 Å². The molecule has 0 atom stereocenters. The first-order valence-corrected chi connectivity index (χ1v) is 10.3. The van der Waals surface area contributed by atoms with Gasteiger partial charge in [0.1, 0.15) is 23.5 Å². The van der Waals surface area contributed by atoms with Crippen molar-refractivity contribution >= 4 is 28.4 Å². The molecule has 2 aromatic heterocycles. The highest BCUT2D eigenvalue weighted by molar-refractivity contribution is 6.11. The summed E-state index contributed by atoms with van der Waals surface area (Å²) in [6, 6.07) is 11.7. The van der Waals surface area contributed by atoms with Crippen molar-refractivity contribution in [3.8, 4) is 11.4 Å². The fourth-order valence-electron chi connectivity index (χ4n) is 4.01. The second kappa shape index (κ2) is 8.33. The van der Waals surface area contributed by atoms with Gasteiger partial charge in [-0.2, -0.15) is 0 Å². The van der Waals surface area contributed by atoms with Gasteiger partial charge in [-0.25, -0.2) is 23.7 Å². The van der Waals surface area contributed by atoms with Gasteiger partial charge in [0.2, 0.25) is 0 Å². The van der Waals surface area contributed by atoms with Crippen molar-refractivity contribution in [1.29, 1.82) is 0 Å². The van der Waals surface area contributed by atoms with Crippen LogP contribution in [0.5, 0.6) is 0 Å². The fourth-order valence-corrected chi connectivity index (χ4v) is 4.01. The van der Waals surface area contributed by atoms with Gasteiger partial charge in [-0.15, -0.1) is 0 Å². The maximum Gasteiger partial charge on any atom is 0.264 e. The summed E-state index contributed by atoms with van der Waals surface area (Å²) in [4.78, 5) is 30.3. The van der Waals surface area contributed by atoms with Crippen LogP contribution in [0.2, 0.25) is 0 Å². The Kier molecular flexibility index (Phi) is 5.22. The van der Waals surface area contributed by atoms with Gasteiger partial charge in [-0.3, -0.25) is 4.79 Å². The standard InChI is InChI=1S/C23H20F2N6O/c24-21(25)17-12-14(31-10-1-2-11-31)6-7-15(17)22-28-18-5-3-4-16(20(18)30-22)23(32)29-19-8-9-26-13-27-19/h3-9,12-13,21H,1-2,10-11H2,(H,28,30)(H,26,27,29,32). The van der Waals surface area contributed by atoms with Crippen molar-refractivity contribution in [2.75, 3.05) is 23.3 Å². The molecule has 2 N–H and O–H groups in total. The number of carbonyl (C=O) groups excluding carboxylic acids is 1. The van der Waals surface area contributed by atoms with E-state index in [0.29, 0.717) is 33.8 Å². The smallest absolute Gasteiger partial charge is 0.264 e. The molecule has 0 aliphatic carbocycles. The highest BCUT2D eigenvalue weighted by Crippen LogP contribution is 2.35. The minimum absolute atomic E-state index is 0.0829. The first-order valence-electron chi connectivity index (χ1n) is 10.3. The zero-order chi connectivity index (χ0) is 22.1. The number of hydrogen-bond donors (Lipinski definition) is 2. The molecule has 32 heavy (non-hydrogen) atoms. The number of carbonyl (C=O) groups is 1. The lowest BCUT2D eigenvalue weighted by atomic mass is 10.1. The van der Waals surface area contributed by atoms with Crippen LogP contribution in [0.1, 0.15) is 35.2 Å². The molecule has 1 aliphatic rings. The number of anilines is 2. The number of hydrogen-bond acceptors (Lipinski definition) is 5. The number of H-pyrrole nitrogens is 1. The Morgan fingerprint density at radius 1 is 1.12 bits per heavy atom. The number of amides is 1. The number of halogens is 2. The van der Waals surface area contributed by atoms with E-state index in [1.807, 2.05) is 6.07 Å². The molecule has 1 amide bonds. The second-order valence-corrected chi connectivity index (χ2v) is 7.60. The van der Waals surface area contributed by atoms with Crippen molar-refractivity contribution in [2.45, 2.75) is 19.3 Å². The minimum atomic E-state index is -2.65. The van der Waals surface area contributed by atoms with Gasteiger partial charge in [-0.05, 0) is 49.2 Å². The van der Waals surface area contributed by atoms with E-state index in [-0.39, 0.29) is 5.56 Å². The van der Waals surface area contributed by atoms with Gasteiger partial charge in [0.25, 0.3) is 12.3 Å². The maximum atomic E-state index is 13.9. The van der Waals surface area contributed by atoms with Crippen LogP contribution in [0.3, 0.4) is 0 Å². The zero-order valence-electron chi connectivity index (χ0n) is 17.1. The molecule has 1 fully saturated rings.